The zero-order chi connectivity index (χ0) is 7.68. The summed E-state index contributed by atoms with van der Waals surface area (Å²) >= 11 is 0. The van der Waals surface area contributed by atoms with Gasteiger partial charge in [-0.3, -0.25) is 0 Å². The molecule has 2 heteroatoms. The van der Waals surface area contributed by atoms with Gasteiger partial charge in [-0.05, 0) is 25.2 Å². The lowest BCUT2D eigenvalue weighted by molar-refractivity contribution is 0.979. The maximum atomic E-state index is 4.20. The van der Waals surface area contributed by atoms with Crippen molar-refractivity contribution >= 4 is 11.4 Å². The zero-order valence-electron chi connectivity index (χ0n) is 7.01. The summed E-state index contributed by atoms with van der Waals surface area (Å²) in [5, 5.41) is 8.38. The van der Waals surface area contributed by atoms with E-state index in [1.165, 1.54) is 30.7 Å². The lowest BCUT2D eigenvalue weighted by atomic mass is 10.1. The molecule has 60 valence electrons. The van der Waals surface area contributed by atoms with Gasteiger partial charge in [0.2, 0.25) is 0 Å². The molecule has 0 radical (unpaired) electrons. The van der Waals surface area contributed by atoms with Gasteiger partial charge in [-0.15, -0.1) is 0 Å². The Kier molecular flexibility index (Phi) is 1.76. The van der Waals surface area contributed by atoms with Gasteiger partial charge in [0, 0.05) is 17.8 Å². The van der Waals surface area contributed by atoms with E-state index in [0.29, 0.717) is 0 Å². The van der Waals surface area contributed by atoms with Crippen LogP contribution in [0, 0.1) is 5.92 Å². The van der Waals surface area contributed by atoms with Crippen molar-refractivity contribution in [3.05, 3.63) is 0 Å². The average Bonchev–Trinajstić information content (AvgIpc) is 2.75. The van der Waals surface area contributed by atoms with Crippen molar-refractivity contribution in [3.63, 3.8) is 0 Å². The van der Waals surface area contributed by atoms with Crippen LogP contribution in [-0.2, 0) is 0 Å². The summed E-state index contributed by atoms with van der Waals surface area (Å²) in [4.78, 5) is 0. The Labute approximate surface area is 67.4 Å². The molecule has 0 aromatic rings. The molecule has 1 fully saturated rings. The highest BCUT2D eigenvalue weighted by molar-refractivity contribution is 6.09. The highest BCUT2D eigenvalue weighted by atomic mass is 15.2. The number of hydrogen-bond acceptors (Lipinski definition) is 2. The normalized spacial score (nSPS) is 23.4. The van der Waals surface area contributed by atoms with Crippen LogP contribution in [-0.4, -0.2) is 11.4 Å². The standard InChI is InChI=1S/C9H14N2/c1-2-3-8-6-9(11-10-8)7-4-5-7/h7H,2-6H2,1H3. The van der Waals surface area contributed by atoms with E-state index >= 15 is 0 Å². The monoisotopic (exact) mass is 150 g/mol. The number of rotatable bonds is 3. The van der Waals surface area contributed by atoms with Gasteiger partial charge in [0.05, 0.1) is 0 Å². The third-order valence-corrected chi connectivity index (χ3v) is 2.29. The van der Waals surface area contributed by atoms with Crippen molar-refractivity contribution < 1.29 is 0 Å². The van der Waals surface area contributed by atoms with Crippen LogP contribution in [0.3, 0.4) is 0 Å². The second-order valence-electron chi connectivity index (χ2n) is 3.46. The molecular weight excluding hydrogens is 136 g/mol. The van der Waals surface area contributed by atoms with Crippen LogP contribution in [0.25, 0.3) is 0 Å². The second kappa shape index (κ2) is 2.76. The van der Waals surface area contributed by atoms with Crippen LogP contribution in [0.4, 0.5) is 0 Å². The first kappa shape index (κ1) is 7.01. The van der Waals surface area contributed by atoms with E-state index in [0.717, 1.165) is 18.8 Å². The van der Waals surface area contributed by atoms with E-state index < -0.39 is 0 Å². The van der Waals surface area contributed by atoms with Gasteiger partial charge in [-0.1, -0.05) is 13.3 Å². The summed E-state index contributed by atoms with van der Waals surface area (Å²) in [6.07, 6.45) is 6.13. The lowest BCUT2D eigenvalue weighted by Crippen LogP contribution is -2.03. The molecule has 1 saturated carbocycles. The molecule has 2 aliphatic rings. The number of hydrogen-bond donors (Lipinski definition) is 0. The van der Waals surface area contributed by atoms with Gasteiger partial charge in [0.15, 0.2) is 0 Å². The molecule has 0 aromatic heterocycles. The fourth-order valence-corrected chi connectivity index (χ4v) is 1.48. The van der Waals surface area contributed by atoms with Gasteiger partial charge in [0.25, 0.3) is 0 Å². The van der Waals surface area contributed by atoms with Crippen LogP contribution in [0.1, 0.15) is 39.0 Å². The zero-order valence-corrected chi connectivity index (χ0v) is 7.01. The minimum atomic E-state index is 0.813. The predicted octanol–water partition coefficient (Wildman–Crippen LogP) is 2.40. The van der Waals surface area contributed by atoms with Crippen LogP contribution >= 0.6 is 0 Å². The minimum Gasteiger partial charge on any atom is -0.160 e. The van der Waals surface area contributed by atoms with E-state index in [1.54, 1.807) is 0 Å². The van der Waals surface area contributed by atoms with Crippen molar-refractivity contribution in [2.45, 2.75) is 39.0 Å². The number of nitrogens with zero attached hydrogens (tertiary/aromatic N) is 2. The summed E-state index contributed by atoms with van der Waals surface area (Å²) in [5.41, 5.74) is 2.66. The second-order valence-corrected chi connectivity index (χ2v) is 3.46. The molecule has 0 atom stereocenters. The summed E-state index contributed by atoms with van der Waals surface area (Å²) in [6, 6.07) is 0. The molecular formula is C9H14N2. The lowest BCUT2D eigenvalue weighted by Gasteiger charge is -1.95. The SMILES string of the molecule is CCCC1=NN=C(C2CC2)C1. The molecule has 0 saturated heterocycles. The highest BCUT2D eigenvalue weighted by Gasteiger charge is 2.30. The Balaban J connectivity index is 1.86. The van der Waals surface area contributed by atoms with E-state index in [1.807, 2.05) is 0 Å². The molecule has 2 rings (SSSR count). The first-order chi connectivity index (χ1) is 5.40. The van der Waals surface area contributed by atoms with Crippen LogP contribution in [0.5, 0.6) is 0 Å². The van der Waals surface area contributed by atoms with E-state index in [4.69, 9.17) is 0 Å². The predicted molar refractivity (Wildman–Crippen MR) is 47.1 cm³/mol. The summed E-state index contributed by atoms with van der Waals surface area (Å²) < 4.78 is 0. The minimum absolute atomic E-state index is 0.813. The fourth-order valence-electron chi connectivity index (χ4n) is 1.48. The van der Waals surface area contributed by atoms with Crippen molar-refractivity contribution in [1.29, 1.82) is 0 Å². The van der Waals surface area contributed by atoms with E-state index in [2.05, 4.69) is 17.1 Å². The molecule has 2 nitrogen and oxygen atoms in total. The van der Waals surface area contributed by atoms with Gasteiger partial charge >= 0.3 is 0 Å². The maximum Gasteiger partial charge on any atom is 0.0493 e. The Morgan fingerprint density at radius 2 is 2.18 bits per heavy atom. The fraction of sp³-hybridized carbons (Fsp3) is 0.778. The summed E-state index contributed by atoms with van der Waals surface area (Å²) in [5.74, 6) is 0.813. The molecule has 0 N–H and O–H groups in total. The van der Waals surface area contributed by atoms with Gasteiger partial charge in [0.1, 0.15) is 0 Å². The van der Waals surface area contributed by atoms with Crippen molar-refractivity contribution in [3.8, 4) is 0 Å². The van der Waals surface area contributed by atoms with Crippen molar-refractivity contribution in [2.75, 3.05) is 0 Å². The molecule has 0 amide bonds. The van der Waals surface area contributed by atoms with Gasteiger partial charge in [-0.2, -0.15) is 10.2 Å². The van der Waals surface area contributed by atoms with Crippen LogP contribution in [0.15, 0.2) is 10.2 Å². The first-order valence-electron chi connectivity index (χ1n) is 4.52. The Morgan fingerprint density at radius 3 is 2.82 bits per heavy atom. The summed E-state index contributed by atoms with van der Waals surface area (Å²) in [6.45, 7) is 2.19. The molecule has 1 aliphatic carbocycles. The largest absolute Gasteiger partial charge is 0.160 e. The third-order valence-electron chi connectivity index (χ3n) is 2.29. The van der Waals surface area contributed by atoms with E-state index in [-0.39, 0.29) is 0 Å². The Morgan fingerprint density at radius 1 is 1.36 bits per heavy atom. The summed E-state index contributed by atoms with van der Waals surface area (Å²) in [7, 11) is 0. The van der Waals surface area contributed by atoms with Gasteiger partial charge in [-0.25, -0.2) is 0 Å². The Hall–Kier alpha value is -0.660. The molecule has 0 unspecified atom stereocenters. The quantitative estimate of drug-likeness (QED) is 0.590. The molecule has 11 heavy (non-hydrogen) atoms. The highest BCUT2D eigenvalue weighted by Crippen LogP contribution is 2.33. The third kappa shape index (κ3) is 1.50. The van der Waals surface area contributed by atoms with Crippen molar-refractivity contribution in [2.24, 2.45) is 16.1 Å². The molecule has 0 bridgehead atoms. The molecule has 0 aromatic carbocycles. The van der Waals surface area contributed by atoms with Crippen molar-refractivity contribution in [1.82, 2.24) is 0 Å². The smallest absolute Gasteiger partial charge is 0.0493 e. The molecule has 0 spiro atoms. The van der Waals surface area contributed by atoms with Crippen LogP contribution < -0.4 is 0 Å². The first-order valence-corrected chi connectivity index (χ1v) is 4.52. The maximum absolute atomic E-state index is 4.20. The Bertz CT molecular complexity index is 212. The van der Waals surface area contributed by atoms with Crippen LogP contribution in [0.2, 0.25) is 0 Å². The average molecular weight is 150 g/mol. The van der Waals surface area contributed by atoms with Gasteiger partial charge < -0.3 is 0 Å². The molecule has 1 heterocycles. The molecule has 1 aliphatic heterocycles. The van der Waals surface area contributed by atoms with E-state index in [9.17, 15) is 0 Å². The topological polar surface area (TPSA) is 24.7 Å².